The molecule has 0 aliphatic heterocycles. The summed E-state index contributed by atoms with van der Waals surface area (Å²) in [5.41, 5.74) is 0.108. The van der Waals surface area contributed by atoms with Crippen LogP contribution in [-0.2, 0) is 4.79 Å². The van der Waals surface area contributed by atoms with Crippen molar-refractivity contribution in [2.45, 2.75) is 13.3 Å². The van der Waals surface area contributed by atoms with E-state index < -0.39 is 5.78 Å². The summed E-state index contributed by atoms with van der Waals surface area (Å²) in [6.07, 6.45) is -0.242. The van der Waals surface area contributed by atoms with Crippen molar-refractivity contribution in [2.24, 2.45) is 0 Å². The van der Waals surface area contributed by atoms with Crippen molar-refractivity contribution in [3.8, 4) is 0 Å². The minimum absolute atomic E-state index is 0.0160. The fraction of sp³-hybridized carbons (Fsp3) is 0.200. The molecule has 16 heavy (non-hydrogen) atoms. The predicted octanol–water partition coefficient (Wildman–Crippen LogP) is 4.46. The SMILES string of the molecule is CC(=O)CC(=O)c1cc(Cl)c(Cl)c(Cl)c1Cl. The highest BCUT2D eigenvalue weighted by atomic mass is 35.5. The van der Waals surface area contributed by atoms with Gasteiger partial charge in [-0.15, -0.1) is 0 Å². The van der Waals surface area contributed by atoms with Gasteiger partial charge in [-0.3, -0.25) is 9.59 Å². The molecule has 2 nitrogen and oxygen atoms in total. The number of halogens is 4. The molecule has 0 aliphatic carbocycles. The zero-order valence-corrected chi connectivity index (χ0v) is 11.1. The fourth-order valence-electron chi connectivity index (χ4n) is 1.10. The molecular formula is C10H6Cl4O2. The highest BCUT2D eigenvalue weighted by Crippen LogP contribution is 2.38. The quantitative estimate of drug-likeness (QED) is 0.357. The topological polar surface area (TPSA) is 34.1 Å². The van der Waals surface area contributed by atoms with Gasteiger partial charge in [-0.25, -0.2) is 0 Å². The Morgan fingerprint density at radius 1 is 1.06 bits per heavy atom. The lowest BCUT2D eigenvalue weighted by molar-refractivity contribution is -0.116. The van der Waals surface area contributed by atoms with Crippen LogP contribution >= 0.6 is 46.4 Å². The van der Waals surface area contributed by atoms with Crippen LogP contribution in [0, 0.1) is 0 Å². The van der Waals surface area contributed by atoms with Crippen molar-refractivity contribution in [3.05, 3.63) is 31.7 Å². The number of ketones is 2. The summed E-state index contributed by atoms with van der Waals surface area (Å²) in [5.74, 6) is -0.693. The number of carbonyl (C=O) groups is 2. The van der Waals surface area contributed by atoms with Gasteiger partial charge in [-0.2, -0.15) is 0 Å². The molecule has 6 heteroatoms. The van der Waals surface area contributed by atoms with Gasteiger partial charge in [0.05, 0.1) is 26.5 Å². The Bertz CT molecular complexity index is 468. The maximum absolute atomic E-state index is 11.6. The van der Waals surface area contributed by atoms with Crippen LogP contribution < -0.4 is 0 Å². The Labute approximate surface area is 112 Å². The Hall–Kier alpha value is -0.280. The standard InChI is InChI=1S/C10H6Cl4O2/c1-4(15)2-7(16)5-3-6(11)9(13)10(14)8(5)12/h3H,2H2,1H3. The Morgan fingerprint density at radius 2 is 1.62 bits per heavy atom. The van der Waals surface area contributed by atoms with Crippen LogP contribution in [0.25, 0.3) is 0 Å². The number of benzene rings is 1. The van der Waals surface area contributed by atoms with E-state index in [1.807, 2.05) is 0 Å². The molecule has 0 fully saturated rings. The fourth-order valence-corrected chi connectivity index (χ4v) is 2.00. The minimum atomic E-state index is -0.432. The van der Waals surface area contributed by atoms with Crippen LogP contribution in [0.1, 0.15) is 23.7 Å². The third kappa shape index (κ3) is 2.89. The van der Waals surface area contributed by atoms with Gasteiger partial charge < -0.3 is 0 Å². The molecule has 0 N–H and O–H groups in total. The summed E-state index contributed by atoms with van der Waals surface area (Å²) in [6.45, 7) is 1.31. The first-order valence-electron chi connectivity index (χ1n) is 4.20. The lowest BCUT2D eigenvalue weighted by Crippen LogP contribution is -2.06. The van der Waals surface area contributed by atoms with Crippen molar-refractivity contribution in [2.75, 3.05) is 0 Å². The van der Waals surface area contributed by atoms with Gasteiger partial charge in [0.25, 0.3) is 0 Å². The van der Waals surface area contributed by atoms with Crippen molar-refractivity contribution >= 4 is 58.0 Å². The lowest BCUT2D eigenvalue weighted by Gasteiger charge is -2.07. The first-order chi connectivity index (χ1) is 7.34. The molecule has 0 atom stereocenters. The molecule has 0 saturated heterocycles. The molecule has 1 aromatic rings. The van der Waals surface area contributed by atoms with Crippen molar-refractivity contribution < 1.29 is 9.59 Å². The number of rotatable bonds is 3. The predicted molar refractivity (Wildman–Crippen MR) is 66.1 cm³/mol. The summed E-state index contributed by atoms with van der Waals surface area (Å²) in [4.78, 5) is 22.4. The monoisotopic (exact) mass is 298 g/mol. The van der Waals surface area contributed by atoms with E-state index in [4.69, 9.17) is 46.4 Å². The van der Waals surface area contributed by atoms with E-state index in [9.17, 15) is 9.59 Å². The largest absolute Gasteiger partial charge is 0.300 e. The normalized spacial score (nSPS) is 10.3. The molecule has 86 valence electrons. The van der Waals surface area contributed by atoms with E-state index in [0.29, 0.717) is 0 Å². The van der Waals surface area contributed by atoms with Crippen LogP contribution in [0.4, 0.5) is 0 Å². The molecule has 0 bridgehead atoms. The van der Waals surface area contributed by atoms with Crippen LogP contribution in [0.2, 0.25) is 20.1 Å². The van der Waals surface area contributed by atoms with Gasteiger partial charge in [-0.1, -0.05) is 46.4 Å². The molecule has 0 aliphatic rings. The molecule has 0 saturated carbocycles. The molecule has 0 amide bonds. The smallest absolute Gasteiger partial charge is 0.171 e. The summed E-state index contributed by atoms with van der Waals surface area (Å²) in [5, 5.41) is 0.251. The Morgan fingerprint density at radius 3 is 2.12 bits per heavy atom. The molecule has 1 aromatic carbocycles. The van der Waals surface area contributed by atoms with Crippen LogP contribution in [0.15, 0.2) is 6.07 Å². The van der Waals surface area contributed by atoms with Crippen LogP contribution in [0.3, 0.4) is 0 Å². The maximum Gasteiger partial charge on any atom is 0.171 e. The summed E-state index contributed by atoms with van der Waals surface area (Å²) < 4.78 is 0. The van der Waals surface area contributed by atoms with E-state index >= 15 is 0 Å². The van der Waals surface area contributed by atoms with Crippen LogP contribution in [0.5, 0.6) is 0 Å². The highest BCUT2D eigenvalue weighted by molar-refractivity contribution is 6.52. The molecule has 0 unspecified atom stereocenters. The Balaban J connectivity index is 3.25. The van der Waals surface area contributed by atoms with E-state index in [-0.39, 0.29) is 37.9 Å². The summed E-state index contributed by atoms with van der Waals surface area (Å²) >= 11 is 23.1. The van der Waals surface area contributed by atoms with Crippen molar-refractivity contribution in [3.63, 3.8) is 0 Å². The second-order valence-electron chi connectivity index (χ2n) is 3.15. The third-order valence-corrected chi connectivity index (χ3v) is 3.56. The number of Topliss-reactive ketones (excluding diaryl/α,β-unsaturated/α-hetero) is 2. The molecule has 0 heterocycles. The van der Waals surface area contributed by atoms with Gasteiger partial charge in [0.2, 0.25) is 0 Å². The van der Waals surface area contributed by atoms with E-state index in [0.717, 1.165) is 0 Å². The first-order valence-corrected chi connectivity index (χ1v) is 5.71. The third-order valence-electron chi connectivity index (χ3n) is 1.81. The summed E-state index contributed by atoms with van der Waals surface area (Å²) in [6, 6.07) is 1.31. The average Bonchev–Trinajstić information content (AvgIpc) is 2.19. The highest BCUT2D eigenvalue weighted by Gasteiger charge is 2.19. The van der Waals surface area contributed by atoms with Crippen molar-refractivity contribution in [1.29, 1.82) is 0 Å². The summed E-state index contributed by atoms with van der Waals surface area (Å²) in [7, 11) is 0. The van der Waals surface area contributed by atoms with E-state index in [1.165, 1.54) is 13.0 Å². The van der Waals surface area contributed by atoms with Gasteiger partial charge in [0.15, 0.2) is 5.78 Å². The van der Waals surface area contributed by atoms with Gasteiger partial charge >= 0.3 is 0 Å². The number of hydrogen-bond donors (Lipinski definition) is 0. The lowest BCUT2D eigenvalue weighted by atomic mass is 10.1. The molecule has 0 aromatic heterocycles. The molecule has 0 spiro atoms. The average molecular weight is 300 g/mol. The van der Waals surface area contributed by atoms with Crippen molar-refractivity contribution in [1.82, 2.24) is 0 Å². The van der Waals surface area contributed by atoms with Gasteiger partial charge in [0, 0.05) is 5.56 Å². The van der Waals surface area contributed by atoms with E-state index in [1.54, 1.807) is 0 Å². The zero-order valence-electron chi connectivity index (χ0n) is 8.11. The van der Waals surface area contributed by atoms with Gasteiger partial charge in [0.1, 0.15) is 5.78 Å². The Kier molecular flexibility index (Phi) is 4.62. The van der Waals surface area contributed by atoms with Gasteiger partial charge in [-0.05, 0) is 13.0 Å². The zero-order chi connectivity index (χ0) is 12.5. The molecule has 1 rings (SSSR count). The minimum Gasteiger partial charge on any atom is -0.300 e. The second-order valence-corrected chi connectivity index (χ2v) is 4.69. The number of carbonyl (C=O) groups excluding carboxylic acids is 2. The molecule has 0 radical (unpaired) electrons. The number of hydrogen-bond acceptors (Lipinski definition) is 2. The van der Waals surface area contributed by atoms with E-state index in [2.05, 4.69) is 0 Å². The van der Waals surface area contributed by atoms with Crippen LogP contribution in [-0.4, -0.2) is 11.6 Å². The molecular weight excluding hydrogens is 294 g/mol. The maximum atomic E-state index is 11.6. The second kappa shape index (κ2) is 5.37. The first kappa shape index (κ1) is 13.8.